The number of hydrogen-bond acceptors (Lipinski definition) is 4. The summed E-state index contributed by atoms with van der Waals surface area (Å²) in [6, 6.07) is 3.09. The largest absolute Gasteiger partial charge is 0.496 e. The number of aldehydes is 1. The Hall–Kier alpha value is -1.56. The van der Waals surface area contributed by atoms with Gasteiger partial charge in [0.05, 0.1) is 19.2 Å². The maximum atomic E-state index is 11.6. The maximum absolute atomic E-state index is 11.6. The number of ether oxygens (including phenoxy) is 1. The fourth-order valence-corrected chi connectivity index (χ4v) is 1.49. The standard InChI is InChI=1S/C10H11BrN2O3/c1-16-9-5-8(12)7(11)4-6(9)10(15)13-2-3-14/h3-5H,2,12H2,1H3,(H,13,15). The fraction of sp³-hybridized carbons (Fsp3) is 0.200. The van der Waals surface area contributed by atoms with E-state index in [0.29, 0.717) is 27.8 Å². The Bertz CT molecular complexity index is 421. The van der Waals surface area contributed by atoms with Gasteiger partial charge in [-0.1, -0.05) is 0 Å². The van der Waals surface area contributed by atoms with E-state index in [9.17, 15) is 9.59 Å². The first kappa shape index (κ1) is 12.5. The molecular formula is C10H11BrN2O3. The van der Waals surface area contributed by atoms with Crippen LogP contribution in [0.1, 0.15) is 10.4 Å². The Morgan fingerprint density at radius 2 is 2.31 bits per heavy atom. The molecule has 1 amide bonds. The summed E-state index contributed by atoms with van der Waals surface area (Å²) in [7, 11) is 1.44. The molecule has 6 heteroatoms. The first-order valence-electron chi connectivity index (χ1n) is 4.45. The van der Waals surface area contributed by atoms with Crippen molar-refractivity contribution in [2.75, 3.05) is 19.4 Å². The monoisotopic (exact) mass is 286 g/mol. The van der Waals surface area contributed by atoms with Crippen LogP contribution in [0.25, 0.3) is 0 Å². The third-order valence-corrected chi connectivity index (χ3v) is 2.60. The average Bonchev–Trinajstić information content (AvgIpc) is 2.28. The van der Waals surface area contributed by atoms with Crippen LogP contribution in [0.2, 0.25) is 0 Å². The number of nitrogen functional groups attached to an aromatic ring is 1. The Kier molecular flexibility index (Phi) is 4.30. The molecule has 0 fully saturated rings. The SMILES string of the molecule is COc1cc(N)c(Br)cc1C(=O)NCC=O. The summed E-state index contributed by atoms with van der Waals surface area (Å²) in [5, 5.41) is 2.42. The van der Waals surface area contributed by atoms with Crippen molar-refractivity contribution in [1.29, 1.82) is 0 Å². The van der Waals surface area contributed by atoms with Gasteiger partial charge in [0.15, 0.2) is 0 Å². The van der Waals surface area contributed by atoms with Crippen molar-refractivity contribution >= 4 is 33.8 Å². The van der Waals surface area contributed by atoms with Crippen molar-refractivity contribution in [1.82, 2.24) is 5.32 Å². The molecule has 0 aliphatic heterocycles. The molecule has 0 bridgehead atoms. The maximum Gasteiger partial charge on any atom is 0.255 e. The molecule has 0 saturated carbocycles. The van der Waals surface area contributed by atoms with Gasteiger partial charge in [-0.25, -0.2) is 0 Å². The number of halogens is 1. The lowest BCUT2D eigenvalue weighted by Crippen LogP contribution is -2.25. The molecule has 16 heavy (non-hydrogen) atoms. The second-order valence-corrected chi connectivity index (χ2v) is 3.81. The molecule has 86 valence electrons. The minimum atomic E-state index is -0.385. The van der Waals surface area contributed by atoms with Crippen LogP contribution in [0.15, 0.2) is 16.6 Å². The number of rotatable bonds is 4. The molecule has 5 nitrogen and oxygen atoms in total. The van der Waals surface area contributed by atoms with E-state index in [0.717, 1.165) is 0 Å². The highest BCUT2D eigenvalue weighted by Crippen LogP contribution is 2.28. The predicted octanol–water partition coefficient (Wildman–Crippen LogP) is 0.969. The zero-order valence-electron chi connectivity index (χ0n) is 8.62. The van der Waals surface area contributed by atoms with Crippen LogP contribution >= 0.6 is 15.9 Å². The van der Waals surface area contributed by atoms with Gasteiger partial charge in [0.1, 0.15) is 12.0 Å². The first-order chi connectivity index (χ1) is 7.60. The van der Waals surface area contributed by atoms with Crippen molar-refractivity contribution < 1.29 is 14.3 Å². The van der Waals surface area contributed by atoms with Crippen molar-refractivity contribution in [3.8, 4) is 5.75 Å². The normalized spacial score (nSPS) is 9.62. The molecule has 0 aliphatic rings. The van der Waals surface area contributed by atoms with Crippen molar-refractivity contribution in [3.05, 3.63) is 22.2 Å². The van der Waals surface area contributed by atoms with Gasteiger partial charge in [0.2, 0.25) is 0 Å². The topological polar surface area (TPSA) is 81.4 Å². The van der Waals surface area contributed by atoms with E-state index in [1.165, 1.54) is 7.11 Å². The van der Waals surface area contributed by atoms with Crippen LogP contribution < -0.4 is 15.8 Å². The van der Waals surface area contributed by atoms with Crippen molar-refractivity contribution in [2.24, 2.45) is 0 Å². The summed E-state index contributed by atoms with van der Waals surface area (Å²) in [4.78, 5) is 21.8. The van der Waals surface area contributed by atoms with E-state index < -0.39 is 0 Å². The van der Waals surface area contributed by atoms with E-state index in [1.807, 2.05) is 0 Å². The molecule has 0 saturated heterocycles. The molecule has 0 spiro atoms. The van der Waals surface area contributed by atoms with Gasteiger partial charge >= 0.3 is 0 Å². The second-order valence-electron chi connectivity index (χ2n) is 2.95. The lowest BCUT2D eigenvalue weighted by atomic mass is 10.1. The van der Waals surface area contributed by atoms with Crippen LogP contribution in [0.3, 0.4) is 0 Å². The van der Waals surface area contributed by atoms with E-state index >= 15 is 0 Å². The van der Waals surface area contributed by atoms with Gasteiger partial charge in [-0.05, 0) is 22.0 Å². The third kappa shape index (κ3) is 2.73. The molecular weight excluding hydrogens is 276 g/mol. The van der Waals surface area contributed by atoms with E-state index in [2.05, 4.69) is 21.2 Å². The Balaban J connectivity index is 3.06. The number of hydrogen-bond donors (Lipinski definition) is 2. The van der Waals surface area contributed by atoms with Gasteiger partial charge in [-0.3, -0.25) is 4.79 Å². The van der Waals surface area contributed by atoms with Gasteiger partial charge in [-0.15, -0.1) is 0 Å². The van der Waals surface area contributed by atoms with Crippen LogP contribution in [0, 0.1) is 0 Å². The molecule has 3 N–H and O–H groups in total. The summed E-state index contributed by atoms with van der Waals surface area (Å²) in [5.41, 5.74) is 6.45. The number of benzene rings is 1. The van der Waals surface area contributed by atoms with Crippen LogP contribution in [-0.4, -0.2) is 25.8 Å². The first-order valence-corrected chi connectivity index (χ1v) is 5.24. The molecule has 1 aromatic rings. The average molecular weight is 287 g/mol. The van der Waals surface area contributed by atoms with Crippen molar-refractivity contribution in [3.63, 3.8) is 0 Å². The summed E-state index contributed by atoms with van der Waals surface area (Å²) < 4.78 is 5.63. The number of amides is 1. The lowest BCUT2D eigenvalue weighted by molar-refractivity contribution is -0.107. The van der Waals surface area contributed by atoms with Gasteiger partial charge in [-0.2, -0.15) is 0 Å². The number of methoxy groups -OCH3 is 1. The van der Waals surface area contributed by atoms with Crippen molar-refractivity contribution in [2.45, 2.75) is 0 Å². The lowest BCUT2D eigenvalue weighted by Gasteiger charge is -2.10. The summed E-state index contributed by atoms with van der Waals surface area (Å²) in [5.74, 6) is -0.0197. The highest BCUT2D eigenvalue weighted by molar-refractivity contribution is 9.10. The van der Waals surface area contributed by atoms with Crippen LogP contribution in [-0.2, 0) is 4.79 Å². The molecule has 1 rings (SSSR count). The van der Waals surface area contributed by atoms with Crippen LogP contribution in [0.5, 0.6) is 5.75 Å². The van der Waals surface area contributed by atoms with Gasteiger partial charge in [0, 0.05) is 16.2 Å². The minimum absolute atomic E-state index is 0.0377. The molecule has 0 heterocycles. The zero-order valence-corrected chi connectivity index (χ0v) is 10.2. The Morgan fingerprint density at radius 1 is 1.62 bits per heavy atom. The Morgan fingerprint density at radius 3 is 2.88 bits per heavy atom. The molecule has 0 unspecified atom stereocenters. The predicted molar refractivity (Wildman–Crippen MR) is 63.5 cm³/mol. The quantitative estimate of drug-likeness (QED) is 0.638. The molecule has 0 radical (unpaired) electrons. The number of nitrogens with one attached hydrogen (secondary N) is 1. The van der Waals surface area contributed by atoms with Gasteiger partial charge < -0.3 is 20.6 Å². The van der Waals surface area contributed by atoms with Crippen LogP contribution in [0.4, 0.5) is 5.69 Å². The number of carbonyl (C=O) groups is 2. The number of carbonyl (C=O) groups excluding carboxylic acids is 2. The highest BCUT2D eigenvalue weighted by atomic mass is 79.9. The number of nitrogens with two attached hydrogens (primary N) is 1. The summed E-state index contributed by atoms with van der Waals surface area (Å²) in [6.45, 7) is -0.0377. The second kappa shape index (κ2) is 5.50. The number of anilines is 1. The zero-order chi connectivity index (χ0) is 12.1. The van der Waals surface area contributed by atoms with E-state index in [-0.39, 0.29) is 12.5 Å². The molecule has 0 aromatic heterocycles. The van der Waals surface area contributed by atoms with E-state index in [4.69, 9.17) is 10.5 Å². The molecule has 0 aliphatic carbocycles. The summed E-state index contributed by atoms with van der Waals surface area (Å²) in [6.07, 6.45) is 0.608. The smallest absolute Gasteiger partial charge is 0.255 e. The molecule has 1 aromatic carbocycles. The summed E-state index contributed by atoms with van der Waals surface area (Å²) >= 11 is 3.22. The van der Waals surface area contributed by atoms with E-state index in [1.54, 1.807) is 12.1 Å². The fourth-order valence-electron chi connectivity index (χ4n) is 1.15. The molecule has 0 atom stereocenters. The minimum Gasteiger partial charge on any atom is -0.496 e. The van der Waals surface area contributed by atoms with Gasteiger partial charge in [0.25, 0.3) is 5.91 Å². The third-order valence-electron chi connectivity index (χ3n) is 1.91. The highest BCUT2D eigenvalue weighted by Gasteiger charge is 2.14. The Labute approximate surface area is 101 Å².